The quantitative estimate of drug-likeness (QED) is 0.851. The van der Waals surface area contributed by atoms with Gasteiger partial charge in [0.1, 0.15) is 11.9 Å². The van der Waals surface area contributed by atoms with Crippen molar-refractivity contribution in [2.75, 3.05) is 0 Å². The largest absolute Gasteiger partial charge is 0.384 e. The molecule has 0 saturated heterocycles. The van der Waals surface area contributed by atoms with Crippen LogP contribution >= 0.6 is 0 Å². The Morgan fingerprint density at radius 2 is 1.61 bits per heavy atom. The summed E-state index contributed by atoms with van der Waals surface area (Å²) < 4.78 is 14.0. The standard InChI is InChI=1S/C16H17FO/c1-10-7-11(2)9-13(8-10)16(18)14-6-4-5-12(3)15(14)17/h4-9,16,18H,1-3H3. The minimum atomic E-state index is -0.913. The molecule has 2 aromatic rings. The first-order chi connectivity index (χ1) is 8.49. The zero-order valence-electron chi connectivity index (χ0n) is 10.9. The van der Waals surface area contributed by atoms with Gasteiger partial charge in [-0.3, -0.25) is 0 Å². The maximum atomic E-state index is 14.0. The lowest BCUT2D eigenvalue weighted by Gasteiger charge is -2.15. The Morgan fingerprint density at radius 1 is 1.00 bits per heavy atom. The lowest BCUT2D eigenvalue weighted by molar-refractivity contribution is 0.214. The Balaban J connectivity index is 2.47. The van der Waals surface area contributed by atoms with Gasteiger partial charge in [-0.25, -0.2) is 4.39 Å². The maximum absolute atomic E-state index is 14.0. The summed E-state index contributed by atoms with van der Waals surface area (Å²) in [5.41, 5.74) is 3.75. The van der Waals surface area contributed by atoms with E-state index in [4.69, 9.17) is 0 Å². The van der Waals surface area contributed by atoms with Crippen LogP contribution in [0.4, 0.5) is 4.39 Å². The zero-order chi connectivity index (χ0) is 13.3. The molecule has 1 nitrogen and oxygen atoms in total. The highest BCUT2D eigenvalue weighted by atomic mass is 19.1. The molecule has 94 valence electrons. The fourth-order valence-corrected chi connectivity index (χ4v) is 2.23. The molecule has 2 aromatic carbocycles. The van der Waals surface area contributed by atoms with E-state index in [1.54, 1.807) is 25.1 Å². The maximum Gasteiger partial charge on any atom is 0.132 e. The second-order valence-electron chi connectivity index (χ2n) is 4.80. The van der Waals surface area contributed by atoms with Crippen molar-refractivity contribution < 1.29 is 9.50 Å². The predicted octanol–water partition coefficient (Wildman–Crippen LogP) is 3.83. The van der Waals surface area contributed by atoms with Crippen molar-refractivity contribution in [3.05, 3.63) is 70.0 Å². The van der Waals surface area contributed by atoms with Crippen LogP contribution in [0.5, 0.6) is 0 Å². The molecule has 1 N–H and O–H groups in total. The number of benzene rings is 2. The van der Waals surface area contributed by atoms with Crippen molar-refractivity contribution in [3.8, 4) is 0 Å². The average Bonchev–Trinajstić information content (AvgIpc) is 2.30. The van der Waals surface area contributed by atoms with Crippen LogP contribution in [0.25, 0.3) is 0 Å². The van der Waals surface area contributed by atoms with Gasteiger partial charge in [0.2, 0.25) is 0 Å². The minimum absolute atomic E-state index is 0.329. The van der Waals surface area contributed by atoms with Crippen molar-refractivity contribution >= 4 is 0 Å². The SMILES string of the molecule is Cc1cc(C)cc(C(O)c2cccc(C)c2F)c1. The summed E-state index contributed by atoms with van der Waals surface area (Å²) in [7, 11) is 0. The molecule has 0 amide bonds. The number of rotatable bonds is 2. The van der Waals surface area contributed by atoms with Crippen LogP contribution in [0.1, 0.15) is 33.9 Å². The molecule has 1 unspecified atom stereocenters. The van der Waals surface area contributed by atoms with Crippen molar-refractivity contribution in [1.82, 2.24) is 0 Å². The number of halogens is 1. The number of hydrogen-bond acceptors (Lipinski definition) is 1. The normalized spacial score (nSPS) is 12.5. The van der Waals surface area contributed by atoms with Crippen LogP contribution in [0.15, 0.2) is 36.4 Å². The first kappa shape index (κ1) is 12.8. The topological polar surface area (TPSA) is 20.2 Å². The van der Waals surface area contributed by atoms with Crippen LogP contribution in [0, 0.1) is 26.6 Å². The van der Waals surface area contributed by atoms with E-state index in [1.165, 1.54) is 0 Å². The molecule has 0 fully saturated rings. The van der Waals surface area contributed by atoms with Crippen LogP contribution in [0.3, 0.4) is 0 Å². The Morgan fingerprint density at radius 3 is 2.22 bits per heavy atom. The molecule has 1 atom stereocenters. The highest BCUT2D eigenvalue weighted by molar-refractivity contribution is 5.37. The number of aliphatic hydroxyl groups excluding tert-OH is 1. The summed E-state index contributed by atoms with van der Waals surface area (Å²) in [6.45, 7) is 5.64. The molecular weight excluding hydrogens is 227 g/mol. The molecule has 0 aliphatic heterocycles. The fourth-order valence-electron chi connectivity index (χ4n) is 2.23. The molecule has 2 heteroatoms. The third kappa shape index (κ3) is 2.44. The molecule has 18 heavy (non-hydrogen) atoms. The molecule has 0 saturated carbocycles. The Labute approximate surface area is 107 Å². The smallest absolute Gasteiger partial charge is 0.132 e. The van der Waals surface area contributed by atoms with E-state index in [1.807, 2.05) is 32.0 Å². The molecule has 0 aliphatic carbocycles. The summed E-state index contributed by atoms with van der Waals surface area (Å²) in [5.74, 6) is -0.329. The van der Waals surface area contributed by atoms with Crippen molar-refractivity contribution in [2.45, 2.75) is 26.9 Å². The van der Waals surface area contributed by atoms with Crippen LogP contribution in [-0.2, 0) is 0 Å². The third-order valence-corrected chi connectivity index (χ3v) is 3.08. The van der Waals surface area contributed by atoms with E-state index in [0.29, 0.717) is 11.1 Å². The van der Waals surface area contributed by atoms with E-state index >= 15 is 0 Å². The Hall–Kier alpha value is -1.67. The number of aryl methyl sites for hydroxylation is 3. The summed E-state index contributed by atoms with van der Waals surface area (Å²) in [6, 6.07) is 10.9. The second kappa shape index (κ2) is 4.91. The zero-order valence-corrected chi connectivity index (χ0v) is 10.9. The molecule has 0 heterocycles. The molecule has 2 rings (SSSR count). The molecule has 0 radical (unpaired) electrons. The summed E-state index contributed by atoms with van der Waals surface area (Å²) in [4.78, 5) is 0. The van der Waals surface area contributed by atoms with Gasteiger partial charge in [0, 0.05) is 5.56 Å². The number of hydrogen-bond donors (Lipinski definition) is 1. The van der Waals surface area contributed by atoms with Gasteiger partial charge in [-0.15, -0.1) is 0 Å². The average molecular weight is 244 g/mol. The van der Waals surface area contributed by atoms with E-state index in [0.717, 1.165) is 16.7 Å². The molecule has 0 aromatic heterocycles. The van der Waals surface area contributed by atoms with Gasteiger partial charge < -0.3 is 5.11 Å². The van der Waals surface area contributed by atoms with Crippen molar-refractivity contribution in [3.63, 3.8) is 0 Å². The second-order valence-corrected chi connectivity index (χ2v) is 4.80. The van der Waals surface area contributed by atoms with Gasteiger partial charge in [0.25, 0.3) is 0 Å². The lowest BCUT2D eigenvalue weighted by atomic mass is 9.96. The molecule has 0 spiro atoms. The highest BCUT2D eigenvalue weighted by Gasteiger charge is 2.16. The third-order valence-electron chi connectivity index (χ3n) is 3.08. The fraction of sp³-hybridized carbons (Fsp3) is 0.250. The van der Waals surface area contributed by atoms with Gasteiger partial charge in [-0.05, 0) is 31.9 Å². The molecular formula is C16H17FO. The van der Waals surface area contributed by atoms with Crippen LogP contribution in [0.2, 0.25) is 0 Å². The summed E-state index contributed by atoms with van der Waals surface area (Å²) in [6.07, 6.45) is -0.913. The van der Waals surface area contributed by atoms with E-state index in [9.17, 15) is 9.50 Å². The van der Waals surface area contributed by atoms with E-state index < -0.39 is 6.10 Å². The van der Waals surface area contributed by atoms with Crippen LogP contribution in [-0.4, -0.2) is 5.11 Å². The monoisotopic (exact) mass is 244 g/mol. The lowest BCUT2D eigenvalue weighted by Crippen LogP contribution is -2.04. The van der Waals surface area contributed by atoms with Gasteiger partial charge >= 0.3 is 0 Å². The first-order valence-electron chi connectivity index (χ1n) is 6.00. The van der Waals surface area contributed by atoms with Crippen LogP contribution < -0.4 is 0 Å². The predicted molar refractivity (Wildman–Crippen MR) is 71.1 cm³/mol. The molecule has 0 bridgehead atoms. The highest BCUT2D eigenvalue weighted by Crippen LogP contribution is 2.27. The molecule has 0 aliphatic rings. The summed E-state index contributed by atoms with van der Waals surface area (Å²) >= 11 is 0. The van der Waals surface area contributed by atoms with Crippen molar-refractivity contribution in [2.24, 2.45) is 0 Å². The van der Waals surface area contributed by atoms with Gasteiger partial charge in [0.15, 0.2) is 0 Å². The van der Waals surface area contributed by atoms with E-state index in [-0.39, 0.29) is 5.82 Å². The first-order valence-corrected chi connectivity index (χ1v) is 6.00. The minimum Gasteiger partial charge on any atom is -0.384 e. The Bertz CT molecular complexity index is 555. The van der Waals surface area contributed by atoms with Gasteiger partial charge in [0.05, 0.1) is 0 Å². The van der Waals surface area contributed by atoms with E-state index in [2.05, 4.69) is 0 Å². The van der Waals surface area contributed by atoms with Gasteiger partial charge in [-0.2, -0.15) is 0 Å². The van der Waals surface area contributed by atoms with Crippen molar-refractivity contribution in [1.29, 1.82) is 0 Å². The number of aliphatic hydroxyl groups is 1. The van der Waals surface area contributed by atoms with Gasteiger partial charge in [-0.1, -0.05) is 47.5 Å². The Kier molecular flexibility index (Phi) is 3.48. The summed E-state index contributed by atoms with van der Waals surface area (Å²) in [5, 5.41) is 10.3.